The summed E-state index contributed by atoms with van der Waals surface area (Å²) in [5.74, 6) is 1.92. The molecule has 11 rings (SSSR count). The van der Waals surface area contributed by atoms with E-state index in [1.807, 2.05) is 0 Å². The van der Waals surface area contributed by atoms with Gasteiger partial charge in [0.15, 0.2) is 11.6 Å². The van der Waals surface area contributed by atoms with Gasteiger partial charge in [-0.1, -0.05) is 152 Å². The fraction of sp³-hybridized carbons (Fsp3) is 0.0962. The van der Waals surface area contributed by atoms with Crippen molar-refractivity contribution in [3.63, 3.8) is 0 Å². The number of para-hydroxylation sites is 2. The summed E-state index contributed by atoms with van der Waals surface area (Å²) in [4.78, 5) is 15.8. The lowest BCUT2D eigenvalue weighted by Gasteiger charge is -2.15. The summed E-state index contributed by atoms with van der Waals surface area (Å²) >= 11 is 0. The average Bonchev–Trinajstić information content (AvgIpc) is 3.61. The molecule has 0 aliphatic heterocycles. The fourth-order valence-corrected chi connectivity index (χ4v) is 9.01. The van der Waals surface area contributed by atoms with Crippen molar-refractivity contribution < 1.29 is 0 Å². The van der Waals surface area contributed by atoms with Gasteiger partial charge in [0.25, 0.3) is 0 Å². The molecule has 10 aromatic rings. The van der Waals surface area contributed by atoms with Crippen molar-refractivity contribution >= 4 is 59.7 Å². The number of aromatic nitrogens is 4. The SMILES string of the molecule is Cc1ccccc1-c1nc(-c2ccc(C3=CCCCC3)cc2)nc(-n2c3ccccc3c3cccc(-c4ccc5c6ccccc6c6ccccc6c5c4)c32)n1. The van der Waals surface area contributed by atoms with Gasteiger partial charge in [-0.25, -0.2) is 4.98 Å². The van der Waals surface area contributed by atoms with E-state index < -0.39 is 0 Å². The van der Waals surface area contributed by atoms with Crippen LogP contribution in [0.25, 0.3) is 99.5 Å². The molecular formula is C52H38N4. The van der Waals surface area contributed by atoms with Crippen LogP contribution in [0.5, 0.6) is 0 Å². The summed E-state index contributed by atoms with van der Waals surface area (Å²) < 4.78 is 2.26. The van der Waals surface area contributed by atoms with Crippen LogP contribution in [-0.2, 0) is 0 Å². The second kappa shape index (κ2) is 13.1. The maximum absolute atomic E-state index is 5.33. The maximum Gasteiger partial charge on any atom is 0.238 e. The van der Waals surface area contributed by atoms with E-state index in [2.05, 4.69) is 175 Å². The first-order chi connectivity index (χ1) is 27.7. The first kappa shape index (κ1) is 32.5. The summed E-state index contributed by atoms with van der Waals surface area (Å²) in [6, 6.07) is 56.9. The zero-order valence-corrected chi connectivity index (χ0v) is 31.2. The number of fused-ring (bicyclic) bond motifs is 9. The van der Waals surface area contributed by atoms with Crippen molar-refractivity contribution in [2.24, 2.45) is 0 Å². The molecule has 0 amide bonds. The molecule has 4 heteroatoms. The molecule has 1 aliphatic rings. The smallest absolute Gasteiger partial charge is 0.238 e. The summed E-state index contributed by atoms with van der Waals surface area (Å²) in [7, 11) is 0. The quantitative estimate of drug-likeness (QED) is 0.166. The molecule has 2 heterocycles. The van der Waals surface area contributed by atoms with Crippen molar-refractivity contribution in [3.05, 3.63) is 175 Å². The van der Waals surface area contributed by atoms with E-state index in [-0.39, 0.29) is 0 Å². The van der Waals surface area contributed by atoms with Crippen LogP contribution in [-0.4, -0.2) is 19.5 Å². The Kier molecular flexibility index (Phi) is 7.63. The van der Waals surface area contributed by atoms with Crippen molar-refractivity contribution in [2.75, 3.05) is 0 Å². The van der Waals surface area contributed by atoms with Gasteiger partial charge in [-0.2, -0.15) is 9.97 Å². The number of aryl methyl sites for hydroxylation is 1. The van der Waals surface area contributed by atoms with Crippen LogP contribution < -0.4 is 0 Å². The summed E-state index contributed by atoms with van der Waals surface area (Å²) in [6.45, 7) is 2.12. The Morgan fingerprint density at radius 2 is 1.04 bits per heavy atom. The molecule has 8 aromatic carbocycles. The molecule has 0 saturated carbocycles. The van der Waals surface area contributed by atoms with E-state index in [1.165, 1.54) is 56.3 Å². The molecule has 0 atom stereocenters. The lowest BCUT2D eigenvalue weighted by atomic mass is 9.91. The minimum atomic E-state index is 0.600. The fourth-order valence-electron chi connectivity index (χ4n) is 9.01. The monoisotopic (exact) mass is 718 g/mol. The lowest BCUT2D eigenvalue weighted by Crippen LogP contribution is -2.07. The molecule has 2 aromatic heterocycles. The Labute approximate surface area is 325 Å². The Hall–Kier alpha value is -6.91. The highest BCUT2D eigenvalue weighted by atomic mass is 15.2. The van der Waals surface area contributed by atoms with Crippen LogP contribution >= 0.6 is 0 Å². The Balaban J connectivity index is 1.17. The number of benzene rings is 8. The van der Waals surface area contributed by atoms with Crippen molar-refractivity contribution in [1.82, 2.24) is 19.5 Å². The molecule has 0 bridgehead atoms. The number of nitrogens with zero attached hydrogens (tertiary/aromatic N) is 4. The second-order valence-electron chi connectivity index (χ2n) is 15.1. The molecule has 4 nitrogen and oxygen atoms in total. The minimum absolute atomic E-state index is 0.600. The molecule has 0 N–H and O–H groups in total. The molecular weight excluding hydrogens is 681 g/mol. The van der Waals surface area contributed by atoms with Gasteiger partial charge in [0, 0.05) is 27.5 Å². The standard InChI is InChI=1S/C52H38N4/c1-33-14-5-6-17-38(33)51-53-50(36-28-26-35(27-29-36)34-15-3-2-4-16-34)54-52(55-51)56-48-25-12-11-22-45(48)46-24-13-23-39(49(46)56)37-30-31-44-42-20-8-7-18-40(42)41-19-9-10-21-43(41)47(44)32-37/h5-15,17-32H,2-4,16H2,1H3. The predicted molar refractivity (Wildman–Crippen MR) is 234 cm³/mol. The molecule has 0 unspecified atom stereocenters. The Bertz CT molecular complexity index is 3170. The van der Waals surface area contributed by atoms with Gasteiger partial charge < -0.3 is 0 Å². The van der Waals surface area contributed by atoms with E-state index in [9.17, 15) is 0 Å². The van der Waals surface area contributed by atoms with Crippen molar-refractivity contribution in [3.8, 4) is 39.9 Å². The zero-order valence-electron chi connectivity index (χ0n) is 31.2. The van der Waals surface area contributed by atoms with Crippen LogP contribution in [0.3, 0.4) is 0 Å². The van der Waals surface area contributed by atoms with Gasteiger partial charge in [-0.05, 0) is 99.3 Å². The number of allylic oxidation sites excluding steroid dienone is 2. The zero-order chi connectivity index (χ0) is 37.2. The molecule has 0 spiro atoms. The lowest BCUT2D eigenvalue weighted by molar-refractivity contribution is 0.742. The van der Waals surface area contributed by atoms with Crippen molar-refractivity contribution in [1.29, 1.82) is 0 Å². The highest BCUT2D eigenvalue weighted by Crippen LogP contribution is 2.41. The molecule has 0 radical (unpaired) electrons. The first-order valence-electron chi connectivity index (χ1n) is 19.7. The summed E-state index contributed by atoms with van der Waals surface area (Å²) in [5.41, 5.74) is 10.2. The first-order valence-corrected chi connectivity index (χ1v) is 19.7. The van der Waals surface area contributed by atoms with Gasteiger partial charge in [-0.3, -0.25) is 4.57 Å². The van der Waals surface area contributed by atoms with Crippen LogP contribution in [0.1, 0.15) is 36.8 Å². The molecule has 1 aliphatic carbocycles. The highest BCUT2D eigenvalue weighted by molar-refractivity contribution is 6.26. The number of rotatable bonds is 5. The van der Waals surface area contributed by atoms with Crippen molar-refractivity contribution in [2.45, 2.75) is 32.6 Å². The topological polar surface area (TPSA) is 43.6 Å². The minimum Gasteiger partial charge on any atom is -0.277 e. The number of hydrogen-bond donors (Lipinski definition) is 0. The third kappa shape index (κ3) is 5.25. The van der Waals surface area contributed by atoms with Gasteiger partial charge in [0.2, 0.25) is 5.95 Å². The number of hydrogen-bond acceptors (Lipinski definition) is 3. The normalized spacial score (nSPS) is 13.3. The van der Waals surface area contributed by atoms with Gasteiger partial charge in [-0.15, -0.1) is 0 Å². The largest absolute Gasteiger partial charge is 0.277 e. The van der Waals surface area contributed by atoms with Crippen LogP contribution in [0.4, 0.5) is 0 Å². The predicted octanol–water partition coefficient (Wildman–Crippen LogP) is 13.7. The Morgan fingerprint density at radius 1 is 0.446 bits per heavy atom. The third-order valence-corrected chi connectivity index (χ3v) is 11.8. The van der Waals surface area contributed by atoms with E-state index >= 15 is 0 Å². The van der Waals surface area contributed by atoms with Crippen LogP contribution in [0, 0.1) is 6.92 Å². The van der Waals surface area contributed by atoms with Gasteiger partial charge >= 0.3 is 0 Å². The van der Waals surface area contributed by atoms with E-state index in [0.29, 0.717) is 17.6 Å². The van der Waals surface area contributed by atoms with Crippen LogP contribution in [0.2, 0.25) is 0 Å². The highest BCUT2D eigenvalue weighted by Gasteiger charge is 2.21. The third-order valence-electron chi connectivity index (χ3n) is 11.8. The molecule has 0 saturated heterocycles. The van der Waals surface area contributed by atoms with E-state index in [4.69, 9.17) is 15.0 Å². The van der Waals surface area contributed by atoms with E-state index in [0.717, 1.165) is 62.5 Å². The Morgan fingerprint density at radius 3 is 1.77 bits per heavy atom. The van der Waals surface area contributed by atoms with E-state index in [1.54, 1.807) is 0 Å². The summed E-state index contributed by atoms with van der Waals surface area (Å²) in [6.07, 6.45) is 7.21. The molecule has 266 valence electrons. The second-order valence-corrected chi connectivity index (χ2v) is 15.1. The van der Waals surface area contributed by atoms with Gasteiger partial charge in [0.05, 0.1) is 11.0 Å². The molecule has 0 fully saturated rings. The molecule has 56 heavy (non-hydrogen) atoms. The van der Waals surface area contributed by atoms with Crippen LogP contribution in [0.15, 0.2) is 164 Å². The summed E-state index contributed by atoms with van der Waals surface area (Å²) in [5, 5.41) is 9.89. The average molecular weight is 719 g/mol. The van der Waals surface area contributed by atoms with Gasteiger partial charge in [0.1, 0.15) is 0 Å². The maximum atomic E-state index is 5.33.